The topological polar surface area (TPSA) is 84.7 Å². The number of hydrogen-bond donors (Lipinski definition) is 2. The SMILES string of the molecule is Nc1nc(-c2cc3c(s2)CCCCC3)[nH]c(=O)n1. The molecule has 0 amide bonds. The number of nitrogens with two attached hydrogens (primary N) is 1. The van der Waals surface area contributed by atoms with Crippen LogP contribution in [0.15, 0.2) is 10.9 Å². The Kier molecular flexibility index (Phi) is 2.87. The summed E-state index contributed by atoms with van der Waals surface area (Å²) in [6.07, 6.45) is 6.04. The summed E-state index contributed by atoms with van der Waals surface area (Å²) in [5.74, 6) is 0.558. The molecule has 0 aromatic carbocycles. The first-order chi connectivity index (χ1) is 8.72. The maximum Gasteiger partial charge on any atom is 0.349 e. The zero-order chi connectivity index (χ0) is 12.5. The van der Waals surface area contributed by atoms with Gasteiger partial charge < -0.3 is 5.73 Å². The predicted molar refractivity (Wildman–Crippen MR) is 71.6 cm³/mol. The zero-order valence-corrected chi connectivity index (χ0v) is 10.7. The van der Waals surface area contributed by atoms with Crippen LogP contribution in [0.3, 0.4) is 0 Å². The second-order valence-corrected chi connectivity index (χ2v) is 5.62. The molecule has 3 rings (SSSR count). The molecule has 0 fully saturated rings. The first-order valence-corrected chi connectivity index (χ1v) is 6.90. The summed E-state index contributed by atoms with van der Waals surface area (Å²) in [4.78, 5) is 23.9. The van der Waals surface area contributed by atoms with Crippen molar-refractivity contribution in [3.8, 4) is 10.7 Å². The molecular weight excluding hydrogens is 248 g/mol. The van der Waals surface area contributed by atoms with Crippen molar-refractivity contribution < 1.29 is 0 Å². The summed E-state index contributed by atoms with van der Waals surface area (Å²) in [6.45, 7) is 0. The maximum atomic E-state index is 11.3. The van der Waals surface area contributed by atoms with E-state index in [1.807, 2.05) is 0 Å². The van der Waals surface area contributed by atoms with Crippen LogP contribution in [-0.2, 0) is 12.8 Å². The number of thiophene rings is 1. The van der Waals surface area contributed by atoms with Crippen LogP contribution >= 0.6 is 11.3 Å². The lowest BCUT2D eigenvalue weighted by Gasteiger charge is -1.97. The van der Waals surface area contributed by atoms with E-state index in [0.29, 0.717) is 5.82 Å². The molecule has 0 saturated carbocycles. The summed E-state index contributed by atoms with van der Waals surface area (Å²) >= 11 is 1.70. The van der Waals surface area contributed by atoms with Gasteiger partial charge in [-0.3, -0.25) is 4.98 Å². The average Bonchev–Trinajstić information content (AvgIpc) is 2.60. The van der Waals surface area contributed by atoms with Crippen LogP contribution in [0.1, 0.15) is 29.7 Å². The maximum absolute atomic E-state index is 11.3. The quantitative estimate of drug-likeness (QED) is 0.767. The van der Waals surface area contributed by atoms with Gasteiger partial charge in [0.2, 0.25) is 5.95 Å². The van der Waals surface area contributed by atoms with Gasteiger partial charge in [-0.1, -0.05) is 6.42 Å². The molecule has 0 bridgehead atoms. The van der Waals surface area contributed by atoms with E-state index in [-0.39, 0.29) is 5.95 Å². The number of fused-ring (bicyclic) bond motifs is 1. The number of aromatic amines is 1. The third-order valence-corrected chi connectivity index (χ3v) is 4.39. The number of nitrogens with zero attached hydrogens (tertiary/aromatic N) is 2. The molecule has 0 atom stereocenters. The Labute approximate surface area is 108 Å². The summed E-state index contributed by atoms with van der Waals surface area (Å²) < 4.78 is 0. The molecule has 3 N–H and O–H groups in total. The largest absolute Gasteiger partial charge is 0.368 e. The van der Waals surface area contributed by atoms with Crippen molar-refractivity contribution in [2.75, 3.05) is 5.73 Å². The normalized spacial score (nSPS) is 15.1. The molecular formula is C12H14N4OS. The number of anilines is 1. The van der Waals surface area contributed by atoms with E-state index in [1.165, 1.54) is 29.7 Å². The predicted octanol–water partition coefficient (Wildman–Crippen LogP) is 1.74. The second kappa shape index (κ2) is 4.53. The molecule has 2 heterocycles. The average molecular weight is 262 g/mol. The molecule has 2 aromatic heterocycles. The van der Waals surface area contributed by atoms with Gasteiger partial charge in [-0.25, -0.2) is 4.79 Å². The van der Waals surface area contributed by atoms with Gasteiger partial charge in [0.15, 0.2) is 5.82 Å². The highest BCUT2D eigenvalue weighted by Crippen LogP contribution is 2.33. The summed E-state index contributed by atoms with van der Waals surface area (Å²) in [5.41, 5.74) is 6.46. The van der Waals surface area contributed by atoms with Crippen LogP contribution in [0.5, 0.6) is 0 Å². The number of aromatic nitrogens is 3. The number of H-pyrrole nitrogens is 1. The van der Waals surface area contributed by atoms with Crippen molar-refractivity contribution in [3.05, 3.63) is 27.0 Å². The van der Waals surface area contributed by atoms with Crippen molar-refractivity contribution in [3.63, 3.8) is 0 Å². The van der Waals surface area contributed by atoms with E-state index in [2.05, 4.69) is 21.0 Å². The van der Waals surface area contributed by atoms with Crippen molar-refractivity contribution in [2.24, 2.45) is 0 Å². The molecule has 2 aromatic rings. The molecule has 18 heavy (non-hydrogen) atoms. The smallest absolute Gasteiger partial charge is 0.349 e. The molecule has 94 valence electrons. The molecule has 5 nitrogen and oxygen atoms in total. The van der Waals surface area contributed by atoms with E-state index in [0.717, 1.165) is 17.7 Å². The number of aryl methyl sites for hydroxylation is 2. The Morgan fingerprint density at radius 1 is 1.22 bits per heavy atom. The Hall–Kier alpha value is -1.69. The Morgan fingerprint density at radius 2 is 2.06 bits per heavy atom. The minimum absolute atomic E-state index is 0.0253. The van der Waals surface area contributed by atoms with Gasteiger partial charge in [-0.05, 0) is 37.3 Å². The highest BCUT2D eigenvalue weighted by molar-refractivity contribution is 7.15. The minimum atomic E-state index is -0.443. The molecule has 0 spiro atoms. The summed E-state index contributed by atoms with van der Waals surface area (Å²) in [5, 5.41) is 0. The minimum Gasteiger partial charge on any atom is -0.368 e. The third kappa shape index (κ3) is 2.15. The third-order valence-electron chi connectivity index (χ3n) is 3.15. The lowest BCUT2D eigenvalue weighted by atomic mass is 10.1. The second-order valence-electron chi connectivity index (χ2n) is 4.48. The number of hydrogen-bond acceptors (Lipinski definition) is 5. The first-order valence-electron chi connectivity index (χ1n) is 6.08. The van der Waals surface area contributed by atoms with Crippen LogP contribution in [0.25, 0.3) is 10.7 Å². The highest BCUT2D eigenvalue weighted by atomic mass is 32.1. The fourth-order valence-electron chi connectivity index (χ4n) is 2.30. The first kappa shape index (κ1) is 11.4. The van der Waals surface area contributed by atoms with Crippen LogP contribution in [0.2, 0.25) is 0 Å². The molecule has 0 saturated heterocycles. The highest BCUT2D eigenvalue weighted by Gasteiger charge is 2.14. The number of rotatable bonds is 1. The van der Waals surface area contributed by atoms with Gasteiger partial charge in [0.05, 0.1) is 4.88 Å². The van der Waals surface area contributed by atoms with Crippen molar-refractivity contribution in [1.82, 2.24) is 15.0 Å². The molecule has 1 aliphatic rings. The van der Waals surface area contributed by atoms with E-state index < -0.39 is 5.69 Å². The van der Waals surface area contributed by atoms with Crippen molar-refractivity contribution in [1.29, 1.82) is 0 Å². The number of nitrogen functional groups attached to an aromatic ring is 1. The van der Waals surface area contributed by atoms with Crippen LogP contribution < -0.4 is 11.4 Å². The molecule has 0 aliphatic heterocycles. The van der Waals surface area contributed by atoms with Gasteiger partial charge in [0.1, 0.15) is 0 Å². The lowest BCUT2D eigenvalue weighted by molar-refractivity contribution is 0.712. The van der Waals surface area contributed by atoms with E-state index in [4.69, 9.17) is 5.73 Å². The molecule has 0 unspecified atom stereocenters. The molecule has 0 radical (unpaired) electrons. The van der Waals surface area contributed by atoms with E-state index in [1.54, 1.807) is 11.3 Å². The Morgan fingerprint density at radius 3 is 2.89 bits per heavy atom. The van der Waals surface area contributed by atoms with Gasteiger partial charge >= 0.3 is 5.69 Å². The summed E-state index contributed by atoms with van der Waals surface area (Å²) in [7, 11) is 0. The van der Waals surface area contributed by atoms with Crippen molar-refractivity contribution in [2.45, 2.75) is 32.1 Å². The Balaban J connectivity index is 2.04. The van der Waals surface area contributed by atoms with Crippen LogP contribution in [-0.4, -0.2) is 15.0 Å². The van der Waals surface area contributed by atoms with Crippen LogP contribution in [0, 0.1) is 0 Å². The fourth-order valence-corrected chi connectivity index (χ4v) is 3.50. The van der Waals surface area contributed by atoms with E-state index in [9.17, 15) is 4.79 Å². The van der Waals surface area contributed by atoms with Gasteiger partial charge in [-0.15, -0.1) is 11.3 Å². The van der Waals surface area contributed by atoms with E-state index >= 15 is 0 Å². The molecule has 6 heteroatoms. The van der Waals surface area contributed by atoms with Gasteiger partial charge in [-0.2, -0.15) is 9.97 Å². The van der Waals surface area contributed by atoms with Crippen LogP contribution in [0.4, 0.5) is 5.95 Å². The zero-order valence-electron chi connectivity index (χ0n) is 9.90. The van der Waals surface area contributed by atoms with Crippen molar-refractivity contribution >= 4 is 17.3 Å². The Bertz CT molecular complexity index is 608. The fraction of sp³-hybridized carbons (Fsp3) is 0.417. The number of nitrogens with one attached hydrogen (secondary N) is 1. The standard InChI is InChI=1S/C12H14N4OS/c13-11-14-10(15-12(17)16-11)9-6-7-4-2-1-3-5-8(7)18-9/h6H,1-5H2,(H3,13,14,15,16,17). The van der Waals surface area contributed by atoms with Gasteiger partial charge in [0, 0.05) is 4.88 Å². The molecule has 1 aliphatic carbocycles. The lowest BCUT2D eigenvalue weighted by Crippen LogP contribution is -2.15. The summed E-state index contributed by atoms with van der Waals surface area (Å²) in [6, 6.07) is 2.13. The van der Waals surface area contributed by atoms with Gasteiger partial charge in [0.25, 0.3) is 0 Å². The monoisotopic (exact) mass is 262 g/mol.